The molecule has 0 aliphatic carbocycles. The number of nitrogens with zero attached hydrogens (tertiary/aromatic N) is 4. The molecule has 2 aliphatic heterocycles. The van der Waals surface area contributed by atoms with Crippen molar-refractivity contribution in [3.63, 3.8) is 0 Å². The number of carbonyl (C=O) groups excluding carboxylic acids is 4. The lowest BCUT2D eigenvalue weighted by Crippen LogP contribution is -2.52. The van der Waals surface area contributed by atoms with Gasteiger partial charge in [-0.3, -0.25) is 19.3 Å². The van der Waals surface area contributed by atoms with E-state index in [2.05, 4.69) is 4.90 Å². The highest BCUT2D eigenvalue weighted by Gasteiger charge is 2.36. The second-order valence-corrected chi connectivity index (χ2v) is 6.59. The van der Waals surface area contributed by atoms with E-state index in [1.54, 1.807) is 24.1 Å². The van der Waals surface area contributed by atoms with Crippen LogP contribution >= 0.6 is 0 Å². The van der Waals surface area contributed by atoms with Gasteiger partial charge < -0.3 is 14.7 Å². The van der Waals surface area contributed by atoms with E-state index in [-0.39, 0.29) is 30.7 Å². The Morgan fingerprint density at radius 2 is 1.62 bits per heavy atom. The molecule has 3 rings (SSSR count). The standard InChI is InChI=1S/C18H22N4O4/c1-13(23)14-3-5-15(6-4-14)20-7-9-21(10-8-20)16(24)12-22-17(25)11-19(2)18(22)26/h3-6H,7-12H2,1-2H3. The number of piperazine rings is 1. The Labute approximate surface area is 151 Å². The molecule has 26 heavy (non-hydrogen) atoms. The fraction of sp³-hybridized carbons (Fsp3) is 0.444. The van der Waals surface area contributed by atoms with E-state index in [9.17, 15) is 19.2 Å². The fourth-order valence-electron chi connectivity index (χ4n) is 3.18. The minimum Gasteiger partial charge on any atom is -0.368 e. The molecule has 0 atom stereocenters. The zero-order valence-corrected chi connectivity index (χ0v) is 15.0. The van der Waals surface area contributed by atoms with Gasteiger partial charge in [0.05, 0.1) is 0 Å². The number of rotatable bonds is 4. The number of hydrogen-bond acceptors (Lipinski definition) is 5. The number of Topliss-reactive ketones (excluding diaryl/α,β-unsaturated/α-hetero) is 1. The summed E-state index contributed by atoms with van der Waals surface area (Å²) in [4.78, 5) is 53.6. The van der Waals surface area contributed by atoms with Crippen molar-refractivity contribution < 1.29 is 19.2 Å². The van der Waals surface area contributed by atoms with Crippen LogP contribution < -0.4 is 4.90 Å². The smallest absolute Gasteiger partial charge is 0.327 e. The third-order valence-electron chi connectivity index (χ3n) is 4.80. The molecular weight excluding hydrogens is 336 g/mol. The number of likely N-dealkylation sites (N-methyl/N-ethyl adjacent to an activating group) is 1. The average Bonchev–Trinajstić information content (AvgIpc) is 2.88. The number of urea groups is 1. The second-order valence-electron chi connectivity index (χ2n) is 6.59. The quantitative estimate of drug-likeness (QED) is 0.576. The first kappa shape index (κ1) is 17.9. The van der Waals surface area contributed by atoms with Crippen molar-refractivity contribution in [2.24, 2.45) is 0 Å². The molecule has 138 valence electrons. The Hall–Kier alpha value is -2.90. The minimum atomic E-state index is -0.424. The Morgan fingerprint density at radius 1 is 1.00 bits per heavy atom. The van der Waals surface area contributed by atoms with Gasteiger partial charge in [0.25, 0.3) is 5.91 Å². The van der Waals surface area contributed by atoms with Crippen LogP contribution in [-0.2, 0) is 9.59 Å². The van der Waals surface area contributed by atoms with Crippen molar-refractivity contribution in [3.8, 4) is 0 Å². The molecule has 1 aromatic rings. The minimum absolute atomic E-state index is 0.0240. The van der Waals surface area contributed by atoms with Gasteiger partial charge in [-0.2, -0.15) is 0 Å². The van der Waals surface area contributed by atoms with E-state index in [1.165, 1.54) is 11.8 Å². The maximum absolute atomic E-state index is 12.4. The van der Waals surface area contributed by atoms with Crippen LogP contribution in [0.25, 0.3) is 0 Å². The molecule has 2 aliphatic rings. The SMILES string of the molecule is CC(=O)c1ccc(N2CCN(C(=O)CN3C(=O)CN(C)C3=O)CC2)cc1. The Balaban J connectivity index is 1.54. The maximum Gasteiger partial charge on any atom is 0.327 e. The van der Waals surface area contributed by atoms with Gasteiger partial charge >= 0.3 is 6.03 Å². The van der Waals surface area contributed by atoms with Crippen molar-refractivity contribution in [1.82, 2.24) is 14.7 Å². The number of imide groups is 1. The lowest BCUT2D eigenvalue weighted by Gasteiger charge is -2.36. The number of amides is 4. The molecule has 2 saturated heterocycles. The van der Waals surface area contributed by atoms with Gasteiger partial charge in [-0.15, -0.1) is 0 Å². The Morgan fingerprint density at radius 3 is 2.12 bits per heavy atom. The molecule has 4 amide bonds. The first-order valence-corrected chi connectivity index (χ1v) is 8.56. The largest absolute Gasteiger partial charge is 0.368 e. The molecule has 0 unspecified atom stereocenters. The van der Waals surface area contributed by atoms with E-state index in [4.69, 9.17) is 0 Å². The molecular formula is C18H22N4O4. The van der Waals surface area contributed by atoms with Crippen molar-refractivity contribution in [2.75, 3.05) is 51.2 Å². The number of anilines is 1. The van der Waals surface area contributed by atoms with Gasteiger partial charge in [-0.1, -0.05) is 0 Å². The molecule has 8 nitrogen and oxygen atoms in total. The Bertz CT molecular complexity index is 738. The van der Waals surface area contributed by atoms with E-state index in [0.29, 0.717) is 31.7 Å². The first-order chi connectivity index (χ1) is 12.4. The molecule has 0 spiro atoms. The lowest BCUT2D eigenvalue weighted by atomic mass is 10.1. The van der Waals surface area contributed by atoms with Crippen LogP contribution in [0, 0.1) is 0 Å². The van der Waals surface area contributed by atoms with Gasteiger partial charge in [-0.25, -0.2) is 4.79 Å². The van der Waals surface area contributed by atoms with E-state index in [1.807, 2.05) is 12.1 Å². The summed E-state index contributed by atoms with van der Waals surface area (Å²) >= 11 is 0. The number of benzene rings is 1. The van der Waals surface area contributed by atoms with Crippen LogP contribution in [-0.4, -0.2) is 84.6 Å². The third kappa shape index (κ3) is 3.54. The zero-order chi connectivity index (χ0) is 18.8. The van der Waals surface area contributed by atoms with Gasteiger partial charge in [-0.05, 0) is 31.2 Å². The molecule has 0 N–H and O–H groups in total. The van der Waals surface area contributed by atoms with Crippen LogP contribution in [0.1, 0.15) is 17.3 Å². The van der Waals surface area contributed by atoms with E-state index < -0.39 is 6.03 Å². The zero-order valence-electron chi connectivity index (χ0n) is 15.0. The molecule has 8 heteroatoms. The predicted molar refractivity (Wildman–Crippen MR) is 95.0 cm³/mol. The third-order valence-corrected chi connectivity index (χ3v) is 4.80. The normalized spacial score (nSPS) is 17.9. The predicted octanol–water partition coefficient (Wildman–Crippen LogP) is 0.432. The van der Waals surface area contributed by atoms with Crippen molar-refractivity contribution in [1.29, 1.82) is 0 Å². The maximum atomic E-state index is 12.4. The molecule has 1 aromatic carbocycles. The van der Waals surface area contributed by atoms with Gasteiger partial charge in [0, 0.05) is 44.5 Å². The van der Waals surface area contributed by atoms with Crippen LogP contribution in [0.4, 0.5) is 10.5 Å². The molecule has 0 aromatic heterocycles. The number of ketones is 1. The summed E-state index contributed by atoms with van der Waals surface area (Å²) in [5.41, 5.74) is 1.68. The topological polar surface area (TPSA) is 81.2 Å². The lowest BCUT2D eigenvalue weighted by molar-refractivity contribution is -0.136. The highest BCUT2D eigenvalue weighted by molar-refractivity contribution is 6.04. The molecule has 2 fully saturated rings. The summed E-state index contributed by atoms with van der Waals surface area (Å²) in [7, 11) is 1.54. The number of carbonyl (C=O) groups is 4. The van der Waals surface area contributed by atoms with Gasteiger partial charge in [0.1, 0.15) is 13.1 Å². The Kier molecular flexibility index (Phi) is 4.92. The molecule has 0 saturated carbocycles. The summed E-state index contributed by atoms with van der Waals surface area (Å²) in [6.07, 6.45) is 0. The van der Waals surface area contributed by atoms with Crippen molar-refractivity contribution >= 4 is 29.3 Å². The van der Waals surface area contributed by atoms with Gasteiger partial charge in [0.15, 0.2) is 5.78 Å². The second kappa shape index (κ2) is 7.15. The summed E-state index contributed by atoms with van der Waals surface area (Å²) in [6.45, 7) is 3.73. The van der Waals surface area contributed by atoms with Gasteiger partial charge in [0.2, 0.25) is 5.91 Å². The van der Waals surface area contributed by atoms with E-state index >= 15 is 0 Å². The highest BCUT2D eigenvalue weighted by atomic mass is 16.2. The fourth-order valence-corrected chi connectivity index (χ4v) is 3.18. The van der Waals surface area contributed by atoms with Crippen LogP contribution in [0.3, 0.4) is 0 Å². The first-order valence-electron chi connectivity index (χ1n) is 8.56. The number of hydrogen-bond donors (Lipinski definition) is 0. The summed E-state index contributed by atoms with van der Waals surface area (Å²) in [5.74, 6) is -0.521. The van der Waals surface area contributed by atoms with Crippen LogP contribution in [0.15, 0.2) is 24.3 Å². The molecule has 0 radical (unpaired) electrons. The molecule has 0 bridgehead atoms. The van der Waals surface area contributed by atoms with Crippen molar-refractivity contribution in [3.05, 3.63) is 29.8 Å². The highest BCUT2D eigenvalue weighted by Crippen LogP contribution is 2.18. The van der Waals surface area contributed by atoms with E-state index in [0.717, 1.165) is 10.6 Å². The van der Waals surface area contributed by atoms with Crippen molar-refractivity contribution in [2.45, 2.75) is 6.92 Å². The summed E-state index contributed by atoms with van der Waals surface area (Å²) in [5, 5.41) is 0. The van der Waals surface area contributed by atoms with Crippen LogP contribution in [0.5, 0.6) is 0 Å². The summed E-state index contributed by atoms with van der Waals surface area (Å²) in [6, 6.07) is 7.00. The monoisotopic (exact) mass is 358 g/mol. The average molecular weight is 358 g/mol. The summed E-state index contributed by atoms with van der Waals surface area (Å²) < 4.78 is 0. The van der Waals surface area contributed by atoms with Crippen LogP contribution in [0.2, 0.25) is 0 Å². The molecule has 2 heterocycles.